The van der Waals surface area contributed by atoms with Crippen LogP contribution in [0, 0.1) is 0 Å². The van der Waals surface area contributed by atoms with E-state index in [9.17, 15) is 4.79 Å². The number of Topliss-reactive ketones (excluding diaryl/α,β-unsaturated/α-hetero) is 1. The van der Waals surface area contributed by atoms with E-state index < -0.39 is 0 Å². The second-order valence-corrected chi connectivity index (χ2v) is 7.30. The molecule has 1 aliphatic carbocycles. The molecule has 0 fully saturated rings. The standard InChI is InChI=1S/C22H26ClNO/c1-3-24(4-2)15-22(25)21-14-18(16-9-11-19(23)12-10-16)13-17-7-5-6-8-20(17)21/h5-12,18,21H,3-4,13-15H2,1-2H3. The molecule has 25 heavy (non-hydrogen) atoms. The van der Waals surface area contributed by atoms with Gasteiger partial charge in [0.25, 0.3) is 0 Å². The molecule has 3 rings (SSSR count). The molecule has 0 spiro atoms. The third kappa shape index (κ3) is 4.13. The number of hydrogen-bond acceptors (Lipinski definition) is 2. The zero-order chi connectivity index (χ0) is 17.8. The molecular formula is C22H26ClNO. The van der Waals surface area contributed by atoms with Crippen molar-refractivity contribution in [2.75, 3.05) is 19.6 Å². The maximum absolute atomic E-state index is 13.1. The highest BCUT2D eigenvalue weighted by Gasteiger charge is 2.32. The van der Waals surface area contributed by atoms with E-state index in [0.717, 1.165) is 31.0 Å². The van der Waals surface area contributed by atoms with Crippen molar-refractivity contribution in [1.29, 1.82) is 0 Å². The van der Waals surface area contributed by atoms with Crippen LogP contribution in [0.15, 0.2) is 48.5 Å². The Labute approximate surface area is 155 Å². The van der Waals surface area contributed by atoms with Gasteiger partial charge in [-0.05, 0) is 60.7 Å². The van der Waals surface area contributed by atoms with Crippen molar-refractivity contribution in [2.24, 2.45) is 0 Å². The number of ketones is 1. The van der Waals surface area contributed by atoms with Gasteiger partial charge in [0.05, 0.1) is 6.54 Å². The molecule has 1 aliphatic rings. The molecule has 0 bridgehead atoms. The number of hydrogen-bond donors (Lipinski definition) is 0. The van der Waals surface area contributed by atoms with Crippen LogP contribution in [0.2, 0.25) is 5.02 Å². The quantitative estimate of drug-likeness (QED) is 0.721. The van der Waals surface area contributed by atoms with Gasteiger partial charge >= 0.3 is 0 Å². The predicted molar refractivity (Wildman–Crippen MR) is 104 cm³/mol. The maximum Gasteiger partial charge on any atom is 0.154 e. The van der Waals surface area contributed by atoms with Crippen LogP contribution in [-0.4, -0.2) is 30.3 Å². The average molecular weight is 356 g/mol. The highest BCUT2D eigenvalue weighted by molar-refractivity contribution is 6.30. The fourth-order valence-corrected chi connectivity index (χ4v) is 4.02. The van der Waals surface area contributed by atoms with Crippen molar-refractivity contribution in [3.63, 3.8) is 0 Å². The largest absolute Gasteiger partial charge is 0.298 e. The van der Waals surface area contributed by atoms with Gasteiger partial charge in [-0.15, -0.1) is 0 Å². The van der Waals surface area contributed by atoms with Gasteiger partial charge in [-0.3, -0.25) is 9.69 Å². The third-order valence-electron chi connectivity index (χ3n) is 5.42. The topological polar surface area (TPSA) is 20.3 Å². The highest BCUT2D eigenvalue weighted by atomic mass is 35.5. The van der Waals surface area contributed by atoms with Gasteiger partial charge in [-0.25, -0.2) is 0 Å². The molecule has 0 saturated heterocycles. The molecule has 2 aromatic rings. The Morgan fingerprint density at radius 3 is 2.44 bits per heavy atom. The van der Waals surface area contributed by atoms with Crippen molar-refractivity contribution < 1.29 is 4.79 Å². The van der Waals surface area contributed by atoms with Gasteiger partial charge < -0.3 is 0 Å². The summed E-state index contributed by atoms with van der Waals surface area (Å²) in [6.07, 6.45) is 1.88. The van der Waals surface area contributed by atoms with E-state index in [2.05, 4.69) is 55.1 Å². The number of halogens is 1. The molecule has 0 N–H and O–H groups in total. The minimum absolute atomic E-state index is 0.00812. The van der Waals surface area contributed by atoms with Crippen molar-refractivity contribution in [3.05, 3.63) is 70.2 Å². The molecular weight excluding hydrogens is 330 g/mol. The van der Waals surface area contributed by atoms with Gasteiger partial charge in [0, 0.05) is 10.9 Å². The fourth-order valence-electron chi connectivity index (χ4n) is 3.89. The summed E-state index contributed by atoms with van der Waals surface area (Å²) in [5, 5.41) is 0.758. The van der Waals surface area contributed by atoms with E-state index in [-0.39, 0.29) is 5.92 Å². The number of nitrogens with zero attached hydrogens (tertiary/aromatic N) is 1. The van der Waals surface area contributed by atoms with Crippen molar-refractivity contribution >= 4 is 17.4 Å². The lowest BCUT2D eigenvalue weighted by Gasteiger charge is -2.32. The molecule has 2 atom stereocenters. The van der Waals surface area contributed by atoms with Gasteiger partial charge in [0.15, 0.2) is 5.78 Å². The van der Waals surface area contributed by atoms with Crippen molar-refractivity contribution in [2.45, 2.75) is 38.5 Å². The number of fused-ring (bicyclic) bond motifs is 1. The smallest absolute Gasteiger partial charge is 0.154 e. The van der Waals surface area contributed by atoms with Crippen LogP contribution in [0.5, 0.6) is 0 Å². The summed E-state index contributed by atoms with van der Waals surface area (Å²) in [5.41, 5.74) is 3.82. The highest BCUT2D eigenvalue weighted by Crippen LogP contribution is 2.40. The lowest BCUT2D eigenvalue weighted by Crippen LogP contribution is -2.34. The van der Waals surface area contributed by atoms with E-state index in [1.165, 1.54) is 16.7 Å². The second kappa shape index (κ2) is 8.16. The Morgan fingerprint density at radius 1 is 1.08 bits per heavy atom. The van der Waals surface area contributed by atoms with Crippen LogP contribution in [-0.2, 0) is 11.2 Å². The van der Waals surface area contributed by atoms with Crippen molar-refractivity contribution in [1.82, 2.24) is 4.90 Å². The van der Waals surface area contributed by atoms with Crippen LogP contribution in [0.3, 0.4) is 0 Å². The molecule has 132 valence electrons. The Bertz CT molecular complexity index is 721. The zero-order valence-electron chi connectivity index (χ0n) is 15.0. The number of benzene rings is 2. The van der Waals surface area contributed by atoms with Gasteiger partial charge in [0.1, 0.15) is 0 Å². The van der Waals surface area contributed by atoms with Crippen molar-refractivity contribution in [3.8, 4) is 0 Å². The van der Waals surface area contributed by atoms with Crippen LogP contribution in [0.25, 0.3) is 0 Å². The predicted octanol–water partition coefficient (Wildman–Crippen LogP) is 5.06. The maximum atomic E-state index is 13.1. The lowest BCUT2D eigenvalue weighted by molar-refractivity contribution is -0.122. The molecule has 0 radical (unpaired) electrons. The average Bonchev–Trinajstić information content (AvgIpc) is 2.65. The Balaban J connectivity index is 1.88. The van der Waals surface area contributed by atoms with E-state index in [1.807, 2.05) is 12.1 Å². The molecule has 3 heteroatoms. The second-order valence-electron chi connectivity index (χ2n) is 6.87. The first-order chi connectivity index (χ1) is 12.1. The molecule has 2 unspecified atom stereocenters. The van der Waals surface area contributed by atoms with Gasteiger partial charge in [-0.1, -0.05) is 61.8 Å². The molecule has 0 saturated carbocycles. The number of rotatable bonds is 6. The van der Waals surface area contributed by atoms with Crippen LogP contribution in [0.4, 0.5) is 0 Å². The minimum Gasteiger partial charge on any atom is -0.298 e. The first-order valence-electron chi connectivity index (χ1n) is 9.20. The van der Waals surface area contributed by atoms with Gasteiger partial charge in [-0.2, -0.15) is 0 Å². The van der Waals surface area contributed by atoms with E-state index >= 15 is 0 Å². The van der Waals surface area contributed by atoms with Crippen LogP contribution >= 0.6 is 11.6 Å². The molecule has 0 aliphatic heterocycles. The van der Waals surface area contributed by atoms with E-state index in [4.69, 9.17) is 11.6 Å². The Hall–Kier alpha value is -1.64. The molecule has 0 aromatic heterocycles. The SMILES string of the molecule is CCN(CC)CC(=O)C1CC(c2ccc(Cl)cc2)Cc2ccccc21. The number of carbonyl (C=O) groups excluding carboxylic acids is 1. The summed E-state index contributed by atoms with van der Waals surface area (Å²) >= 11 is 6.04. The third-order valence-corrected chi connectivity index (χ3v) is 5.67. The summed E-state index contributed by atoms with van der Waals surface area (Å²) in [4.78, 5) is 15.3. The lowest BCUT2D eigenvalue weighted by atomic mass is 9.72. The minimum atomic E-state index is -0.00812. The summed E-state index contributed by atoms with van der Waals surface area (Å²) < 4.78 is 0. The van der Waals surface area contributed by atoms with Crippen LogP contribution in [0.1, 0.15) is 48.8 Å². The summed E-state index contributed by atoms with van der Waals surface area (Å²) in [6, 6.07) is 16.6. The molecule has 2 nitrogen and oxygen atoms in total. The number of likely N-dealkylation sites (N-methyl/N-ethyl adjacent to an activating group) is 1. The zero-order valence-corrected chi connectivity index (χ0v) is 15.8. The summed E-state index contributed by atoms with van der Waals surface area (Å²) in [5.74, 6) is 0.707. The van der Waals surface area contributed by atoms with Crippen LogP contribution < -0.4 is 0 Å². The molecule has 2 aromatic carbocycles. The van der Waals surface area contributed by atoms with E-state index in [0.29, 0.717) is 18.2 Å². The summed E-state index contributed by atoms with van der Waals surface area (Å²) in [7, 11) is 0. The van der Waals surface area contributed by atoms with E-state index in [1.54, 1.807) is 0 Å². The Kier molecular flexibility index (Phi) is 5.93. The Morgan fingerprint density at radius 2 is 1.76 bits per heavy atom. The monoisotopic (exact) mass is 355 g/mol. The normalized spacial score (nSPS) is 19.7. The van der Waals surface area contributed by atoms with Gasteiger partial charge in [0.2, 0.25) is 0 Å². The fraction of sp³-hybridized carbons (Fsp3) is 0.409. The first kappa shape index (κ1) is 18.2. The summed E-state index contributed by atoms with van der Waals surface area (Å²) in [6.45, 7) is 6.60. The molecule has 0 amide bonds. The first-order valence-corrected chi connectivity index (χ1v) is 9.58. The molecule has 0 heterocycles. The number of carbonyl (C=O) groups is 1.